The van der Waals surface area contributed by atoms with Crippen LogP contribution in [0.5, 0.6) is 0 Å². The van der Waals surface area contributed by atoms with E-state index in [0.717, 1.165) is 24.8 Å². The van der Waals surface area contributed by atoms with Crippen LogP contribution in [-0.2, 0) is 27.5 Å². The molecular weight excluding hydrogens is 568 g/mol. The van der Waals surface area contributed by atoms with Gasteiger partial charge in [0.1, 0.15) is 23.5 Å². The molecule has 1 saturated carbocycles. The fourth-order valence-electron chi connectivity index (χ4n) is 5.60. The number of hydrogen-bond donors (Lipinski definition) is 1. The quantitative estimate of drug-likeness (QED) is 0.337. The lowest BCUT2D eigenvalue weighted by molar-refractivity contribution is -0.153. The summed E-state index contributed by atoms with van der Waals surface area (Å²) in [6, 6.07) is 11.2. The first-order valence-electron chi connectivity index (χ1n) is 14.9. The minimum atomic E-state index is -0.869. The Hall–Kier alpha value is -4.13. The number of ether oxygens (including phenoxy) is 2. The van der Waals surface area contributed by atoms with Gasteiger partial charge in [0, 0.05) is 19.7 Å². The van der Waals surface area contributed by atoms with Crippen molar-refractivity contribution in [3.8, 4) is 0 Å². The normalized spacial score (nSPS) is 21.0. The molecule has 2 bridgehead atoms. The maximum atomic E-state index is 13.5. The van der Waals surface area contributed by atoms with Gasteiger partial charge in [0.05, 0.1) is 18.6 Å². The highest BCUT2D eigenvalue weighted by Gasteiger charge is 2.63. The van der Waals surface area contributed by atoms with E-state index in [-0.39, 0.29) is 36.0 Å². The van der Waals surface area contributed by atoms with Gasteiger partial charge in [-0.2, -0.15) is 5.06 Å². The van der Waals surface area contributed by atoms with E-state index < -0.39 is 23.4 Å². The highest BCUT2D eigenvalue weighted by Crippen LogP contribution is 2.61. The second-order valence-electron chi connectivity index (χ2n) is 13.7. The van der Waals surface area contributed by atoms with Gasteiger partial charge in [-0.15, -0.1) is 4.99 Å². The molecule has 238 valence electrons. The fraction of sp³-hybridized carbons (Fsp3) is 0.581. The molecule has 2 atom stereocenters. The number of benzene rings is 1. The molecule has 3 fully saturated rings. The molecule has 5 rings (SSSR count). The summed E-state index contributed by atoms with van der Waals surface area (Å²) in [5, 5.41) is 8.44. The highest BCUT2D eigenvalue weighted by atomic mass is 16.7. The van der Waals surface area contributed by atoms with Crippen molar-refractivity contribution >= 4 is 24.2 Å². The Bertz CT molecular complexity index is 1410. The lowest BCUT2D eigenvalue weighted by atomic mass is 9.84. The summed E-state index contributed by atoms with van der Waals surface area (Å²) in [5.74, 6) is 0.381. The number of aliphatic imine (C=N–C) groups is 1. The lowest BCUT2D eigenvalue weighted by Crippen LogP contribution is -2.44. The maximum Gasteiger partial charge on any atom is 0.437 e. The van der Waals surface area contributed by atoms with E-state index in [4.69, 9.17) is 18.8 Å². The average molecular weight is 611 g/mol. The van der Waals surface area contributed by atoms with E-state index >= 15 is 0 Å². The number of urea groups is 1. The Morgan fingerprint density at radius 2 is 1.80 bits per heavy atom. The van der Waals surface area contributed by atoms with Crippen LogP contribution in [0.1, 0.15) is 83.9 Å². The molecule has 3 aliphatic rings. The third-order valence-corrected chi connectivity index (χ3v) is 7.75. The van der Waals surface area contributed by atoms with Gasteiger partial charge >= 0.3 is 18.2 Å². The highest BCUT2D eigenvalue weighted by molar-refractivity contribution is 5.98. The van der Waals surface area contributed by atoms with Crippen LogP contribution in [0.15, 0.2) is 45.9 Å². The zero-order valence-corrected chi connectivity index (χ0v) is 26.5. The molecular formula is C31H42N6O7. The molecule has 1 spiro atoms. The molecule has 2 saturated heterocycles. The Balaban J connectivity index is 1.29. The molecule has 13 heteroatoms. The predicted octanol–water partition coefficient (Wildman–Crippen LogP) is 5.39. The van der Waals surface area contributed by atoms with E-state index in [9.17, 15) is 14.4 Å². The predicted molar refractivity (Wildman–Crippen MR) is 159 cm³/mol. The van der Waals surface area contributed by atoms with Crippen LogP contribution in [0.25, 0.3) is 0 Å². The fourth-order valence-corrected chi connectivity index (χ4v) is 5.60. The standard InChI is InChI=1S/C31H42N6O7/c1-29(2,3)42-26(38)32-25(33-27(39)43-30(4,5)6)35(7)17-21-15-22(34-44-21)23-16-31(13-14-31)24-18-36(23)28(40)37(24)41-19-20-11-9-8-10-12-20/h8-12,15,23-24H,13-14,16-19H2,1-7H3,(H,32,33,38,39)/t23-,24-/m0/s1. The van der Waals surface area contributed by atoms with E-state index in [0.29, 0.717) is 24.6 Å². The number of fused-ring (bicyclic) bond motifs is 3. The number of hydrogen-bond acceptors (Lipinski definition) is 8. The summed E-state index contributed by atoms with van der Waals surface area (Å²) >= 11 is 0. The van der Waals surface area contributed by atoms with Crippen molar-refractivity contribution < 1.29 is 33.2 Å². The van der Waals surface area contributed by atoms with Crippen LogP contribution < -0.4 is 5.32 Å². The second kappa shape index (κ2) is 11.8. The third kappa shape index (κ3) is 7.32. The van der Waals surface area contributed by atoms with Crippen LogP contribution >= 0.6 is 0 Å². The number of amides is 4. The summed E-state index contributed by atoms with van der Waals surface area (Å²) in [4.78, 5) is 52.0. The Morgan fingerprint density at radius 1 is 1.11 bits per heavy atom. The van der Waals surface area contributed by atoms with Crippen molar-refractivity contribution in [1.29, 1.82) is 0 Å². The number of hydroxylamine groups is 2. The molecule has 2 aromatic rings. The number of alkyl carbamates (subject to hydrolysis) is 1. The Morgan fingerprint density at radius 3 is 2.43 bits per heavy atom. The van der Waals surface area contributed by atoms with Gasteiger partial charge in [-0.05, 0) is 71.8 Å². The zero-order valence-electron chi connectivity index (χ0n) is 26.5. The van der Waals surface area contributed by atoms with Crippen molar-refractivity contribution in [2.75, 3.05) is 13.6 Å². The molecule has 3 heterocycles. The molecule has 2 aliphatic heterocycles. The molecule has 0 radical (unpaired) electrons. The number of piperidine rings is 1. The first kappa shape index (κ1) is 31.3. The van der Waals surface area contributed by atoms with Crippen LogP contribution in [0.3, 0.4) is 0 Å². The van der Waals surface area contributed by atoms with Crippen LogP contribution in [-0.4, -0.2) is 75.0 Å². The summed E-state index contributed by atoms with van der Waals surface area (Å²) in [7, 11) is 1.64. The van der Waals surface area contributed by atoms with E-state index in [2.05, 4.69) is 15.5 Å². The molecule has 4 amide bonds. The van der Waals surface area contributed by atoms with Gasteiger partial charge in [-0.3, -0.25) is 10.2 Å². The topological polar surface area (TPSA) is 139 Å². The number of nitrogens with one attached hydrogen (secondary N) is 1. The summed E-state index contributed by atoms with van der Waals surface area (Å²) in [5.41, 5.74) is 0.0986. The minimum absolute atomic E-state index is 0.00183. The second-order valence-corrected chi connectivity index (χ2v) is 13.7. The van der Waals surface area contributed by atoms with Gasteiger partial charge in [-0.25, -0.2) is 14.4 Å². The van der Waals surface area contributed by atoms with Crippen LogP contribution in [0.2, 0.25) is 0 Å². The first-order valence-corrected chi connectivity index (χ1v) is 14.9. The molecule has 13 nitrogen and oxygen atoms in total. The lowest BCUT2D eigenvalue weighted by Gasteiger charge is -2.35. The summed E-state index contributed by atoms with van der Waals surface area (Å²) in [6.07, 6.45) is 1.17. The number of nitrogens with zero attached hydrogens (tertiary/aromatic N) is 5. The monoisotopic (exact) mass is 610 g/mol. The minimum Gasteiger partial charge on any atom is -0.444 e. The number of rotatable bonds is 6. The van der Waals surface area contributed by atoms with Crippen LogP contribution in [0.4, 0.5) is 14.4 Å². The molecule has 1 aromatic heterocycles. The largest absolute Gasteiger partial charge is 0.444 e. The SMILES string of the molecule is CN(Cc1cc([C@@H]2CC3(CC3)[C@@H]3CN2C(=O)N3OCc2ccccc2)no1)C(=NC(=O)OC(C)(C)C)NC(=O)OC(C)(C)C. The molecule has 0 unspecified atom stereocenters. The van der Waals surface area contributed by atoms with Crippen molar-refractivity contribution in [1.82, 2.24) is 25.3 Å². The average Bonchev–Trinajstić information content (AvgIpc) is 3.41. The first-order chi connectivity index (χ1) is 20.6. The van der Waals surface area contributed by atoms with E-state index in [1.165, 1.54) is 4.90 Å². The summed E-state index contributed by atoms with van der Waals surface area (Å²) in [6.45, 7) is 11.4. The number of guanidine groups is 1. The third-order valence-electron chi connectivity index (χ3n) is 7.75. The Labute approximate surface area is 257 Å². The molecule has 1 N–H and O–H groups in total. The van der Waals surface area contributed by atoms with Crippen LogP contribution in [0, 0.1) is 5.41 Å². The number of carbonyl (C=O) groups is 3. The van der Waals surface area contributed by atoms with Gasteiger partial charge < -0.3 is 23.8 Å². The van der Waals surface area contributed by atoms with Crippen molar-refractivity contribution in [2.24, 2.45) is 10.4 Å². The van der Waals surface area contributed by atoms with Crippen molar-refractivity contribution in [2.45, 2.75) is 97.2 Å². The molecule has 1 aromatic carbocycles. The summed E-state index contributed by atoms with van der Waals surface area (Å²) < 4.78 is 16.4. The van der Waals surface area contributed by atoms with Crippen molar-refractivity contribution in [3.05, 3.63) is 53.4 Å². The van der Waals surface area contributed by atoms with Gasteiger partial charge in [-0.1, -0.05) is 35.5 Å². The number of aromatic nitrogens is 1. The molecule has 1 aliphatic carbocycles. The number of carbonyl (C=O) groups excluding carboxylic acids is 3. The van der Waals surface area contributed by atoms with Gasteiger partial charge in [0.15, 0.2) is 5.76 Å². The van der Waals surface area contributed by atoms with E-state index in [1.54, 1.807) is 59.7 Å². The van der Waals surface area contributed by atoms with Gasteiger partial charge in [0.25, 0.3) is 0 Å². The molecule has 44 heavy (non-hydrogen) atoms. The smallest absolute Gasteiger partial charge is 0.437 e. The van der Waals surface area contributed by atoms with Gasteiger partial charge in [0.2, 0.25) is 5.96 Å². The Kier molecular flexibility index (Phi) is 8.36. The van der Waals surface area contributed by atoms with Crippen molar-refractivity contribution in [3.63, 3.8) is 0 Å². The van der Waals surface area contributed by atoms with E-state index in [1.807, 2.05) is 35.2 Å². The zero-order chi connectivity index (χ0) is 31.9. The maximum absolute atomic E-state index is 13.5.